The van der Waals surface area contributed by atoms with Crippen LogP contribution in [0.3, 0.4) is 0 Å². The second-order valence-corrected chi connectivity index (χ2v) is 9.22. The summed E-state index contributed by atoms with van der Waals surface area (Å²) in [5.41, 5.74) is 1.95. The molecule has 5 rings (SSSR count). The number of nitrogens with zero attached hydrogens (tertiary/aromatic N) is 3. The van der Waals surface area contributed by atoms with E-state index in [1.54, 1.807) is 28.6 Å². The molecule has 0 bridgehead atoms. The van der Waals surface area contributed by atoms with Gasteiger partial charge in [-0.25, -0.2) is 4.98 Å². The highest BCUT2D eigenvalue weighted by Crippen LogP contribution is 2.32. The second-order valence-electron chi connectivity index (χ2n) is 9.22. The van der Waals surface area contributed by atoms with Crippen molar-refractivity contribution in [3.8, 4) is 0 Å². The summed E-state index contributed by atoms with van der Waals surface area (Å²) in [6, 6.07) is 13.0. The van der Waals surface area contributed by atoms with Crippen molar-refractivity contribution in [1.82, 2.24) is 19.4 Å². The Balaban J connectivity index is 1.43. The highest BCUT2D eigenvalue weighted by Gasteiger charge is 2.30. The number of hydrogen-bond donors (Lipinski definition) is 3. The molecule has 3 heterocycles. The molecule has 1 aliphatic carbocycles. The lowest BCUT2D eigenvalue weighted by Gasteiger charge is -2.13. The fourth-order valence-electron chi connectivity index (χ4n) is 4.23. The zero-order chi connectivity index (χ0) is 29.1. The number of aryl methyl sites for hydroxylation is 1. The Morgan fingerprint density at radius 3 is 2.76 bits per heavy atom. The van der Waals surface area contributed by atoms with Gasteiger partial charge in [-0.15, -0.1) is 0 Å². The van der Waals surface area contributed by atoms with Crippen molar-refractivity contribution in [2.45, 2.75) is 26.0 Å². The van der Waals surface area contributed by atoms with E-state index in [-0.39, 0.29) is 34.5 Å². The molecule has 2 amide bonds. The van der Waals surface area contributed by atoms with Crippen LogP contribution in [-0.2, 0) is 29.7 Å². The van der Waals surface area contributed by atoms with E-state index in [1.807, 2.05) is 41.7 Å². The number of carbonyl (C=O) groups is 2. The van der Waals surface area contributed by atoms with Crippen LogP contribution in [0.25, 0.3) is 10.9 Å². The number of pyridine rings is 2. The van der Waals surface area contributed by atoms with Crippen LogP contribution in [0.4, 0.5) is 17.2 Å². The van der Waals surface area contributed by atoms with Crippen LogP contribution < -0.4 is 21.5 Å². The highest BCUT2D eigenvalue weighted by atomic mass is 16.5. The van der Waals surface area contributed by atoms with Crippen molar-refractivity contribution >= 4 is 39.9 Å². The molecule has 196 valence electrons. The minimum Gasteiger partial charge on any atom is -0.375 e. The molecule has 3 aromatic heterocycles. The summed E-state index contributed by atoms with van der Waals surface area (Å²) in [6.07, 6.45) is 6.20. The number of fused-ring (bicyclic) bond motifs is 1. The minimum absolute atomic E-state index is 0.0619. The van der Waals surface area contributed by atoms with E-state index >= 15 is 0 Å². The van der Waals surface area contributed by atoms with Crippen LogP contribution >= 0.6 is 0 Å². The van der Waals surface area contributed by atoms with E-state index in [1.165, 1.54) is 12.3 Å². The standard InChI is InChI=1S/C28H30N6O4/c1-29-27(36)20-15-30-24(32-26(35)19-8-9-19)14-21(20)31-22-16-33(2)23-10-11-34(28(37)25(22)23)12-13-38-17-18-6-4-3-5-7-18/h3-7,10-11,14-16,19H,8-9,12-13,17H2,1-2H3,(H,29,36)(H2,30,31,32,35)/i1D3. The third kappa shape index (κ3) is 5.45. The Morgan fingerprint density at radius 1 is 1.18 bits per heavy atom. The molecular formula is C28H30N6O4. The Kier molecular flexibility index (Phi) is 6.20. The fraction of sp³-hybridized carbons (Fsp3) is 0.286. The minimum atomic E-state index is -2.72. The van der Waals surface area contributed by atoms with E-state index in [0.29, 0.717) is 36.3 Å². The van der Waals surface area contributed by atoms with Gasteiger partial charge in [-0.1, -0.05) is 30.3 Å². The predicted octanol–water partition coefficient (Wildman–Crippen LogP) is 3.40. The number of anilines is 3. The van der Waals surface area contributed by atoms with Gasteiger partial charge in [-0.05, 0) is 24.5 Å². The molecule has 4 aromatic rings. The maximum absolute atomic E-state index is 13.5. The monoisotopic (exact) mass is 517 g/mol. The maximum atomic E-state index is 13.5. The van der Waals surface area contributed by atoms with Gasteiger partial charge in [0.1, 0.15) is 5.82 Å². The lowest BCUT2D eigenvalue weighted by molar-refractivity contribution is -0.117. The number of hydrogen-bond acceptors (Lipinski definition) is 6. The number of amides is 2. The number of rotatable bonds is 10. The number of benzene rings is 1. The van der Waals surface area contributed by atoms with Gasteiger partial charge in [-0.2, -0.15) is 0 Å². The first-order valence-corrected chi connectivity index (χ1v) is 12.3. The molecule has 10 nitrogen and oxygen atoms in total. The molecule has 0 unspecified atom stereocenters. The summed E-state index contributed by atoms with van der Waals surface area (Å²) < 4.78 is 31.3. The third-order valence-electron chi connectivity index (χ3n) is 6.43. The first-order valence-electron chi connectivity index (χ1n) is 13.8. The molecule has 0 spiro atoms. The zero-order valence-electron chi connectivity index (χ0n) is 23.9. The van der Waals surface area contributed by atoms with E-state index in [0.717, 1.165) is 18.4 Å². The van der Waals surface area contributed by atoms with Crippen molar-refractivity contribution in [3.63, 3.8) is 0 Å². The first-order chi connectivity index (χ1) is 19.6. The van der Waals surface area contributed by atoms with Crippen LogP contribution in [0.1, 0.15) is 32.9 Å². The summed E-state index contributed by atoms with van der Waals surface area (Å²) in [5, 5.41) is 8.18. The van der Waals surface area contributed by atoms with Crippen LogP contribution in [0.5, 0.6) is 0 Å². The zero-order valence-corrected chi connectivity index (χ0v) is 20.9. The smallest absolute Gasteiger partial charge is 0.262 e. The molecule has 0 atom stereocenters. The van der Waals surface area contributed by atoms with Crippen LogP contribution in [0.15, 0.2) is 65.8 Å². The van der Waals surface area contributed by atoms with Crippen LogP contribution in [0.2, 0.25) is 0 Å². The Morgan fingerprint density at radius 2 is 2.00 bits per heavy atom. The molecule has 0 aliphatic heterocycles. The Labute approximate surface area is 223 Å². The van der Waals surface area contributed by atoms with Crippen molar-refractivity contribution in [3.05, 3.63) is 82.5 Å². The van der Waals surface area contributed by atoms with Gasteiger partial charge < -0.3 is 29.8 Å². The van der Waals surface area contributed by atoms with Crippen LogP contribution in [-0.4, -0.2) is 39.5 Å². The van der Waals surface area contributed by atoms with E-state index in [9.17, 15) is 14.4 Å². The third-order valence-corrected chi connectivity index (χ3v) is 6.43. The molecule has 1 aromatic carbocycles. The topological polar surface area (TPSA) is 119 Å². The van der Waals surface area contributed by atoms with Gasteiger partial charge in [0.05, 0.1) is 41.1 Å². The Hall–Kier alpha value is -4.44. The first kappa shape index (κ1) is 21.6. The SMILES string of the molecule is [2H]C([2H])([2H])NC(=O)c1cnc(NC(=O)C2CC2)cc1Nc1cn(C)c2ccn(CCOCc3ccccc3)c(=O)c12. The number of carbonyl (C=O) groups excluding carboxylic acids is 2. The van der Waals surface area contributed by atoms with E-state index in [4.69, 9.17) is 8.85 Å². The molecular weight excluding hydrogens is 484 g/mol. The summed E-state index contributed by atoms with van der Waals surface area (Å²) in [4.78, 5) is 42.8. The van der Waals surface area contributed by atoms with E-state index < -0.39 is 12.9 Å². The van der Waals surface area contributed by atoms with Crippen LogP contribution in [0, 0.1) is 5.92 Å². The van der Waals surface area contributed by atoms with Gasteiger partial charge in [0.15, 0.2) is 0 Å². The summed E-state index contributed by atoms with van der Waals surface area (Å²) in [5.74, 6) is -0.929. The quantitative estimate of drug-likeness (QED) is 0.278. The fourth-order valence-corrected chi connectivity index (χ4v) is 4.23. The molecule has 1 fully saturated rings. The normalized spacial score (nSPS) is 14.4. The van der Waals surface area contributed by atoms with Gasteiger partial charge in [0.25, 0.3) is 11.5 Å². The largest absolute Gasteiger partial charge is 0.375 e. The molecule has 1 saturated carbocycles. The number of nitrogens with one attached hydrogen (secondary N) is 3. The second kappa shape index (κ2) is 10.9. The average Bonchev–Trinajstić information content (AvgIpc) is 3.72. The summed E-state index contributed by atoms with van der Waals surface area (Å²) in [7, 11) is 1.79. The van der Waals surface area contributed by atoms with Crippen molar-refractivity contribution in [1.29, 1.82) is 0 Å². The predicted molar refractivity (Wildman–Crippen MR) is 146 cm³/mol. The molecule has 3 N–H and O–H groups in total. The van der Waals surface area contributed by atoms with Crippen molar-refractivity contribution in [2.24, 2.45) is 13.0 Å². The highest BCUT2D eigenvalue weighted by molar-refractivity contribution is 6.03. The van der Waals surface area contributed by atoms with Gasteiger partial charge >= 0.3 is 0 Å². The van der Waals surface area contributed by atoms with Crippen molar-refractivity contribution < 1.29 is 18.4 Å². The number of aromatic nitrogens is 3. The number of ether oxygens (including phenoxy) is 1. The average molecular weight is 518 g/mol. The summed E-state index contributed by atoms with van der Waals surface area (Å²) in [6.45, 7) is -1.64. The van der Waals surface area contributed by atoms with Gasteiger partial charge in [0.2, 0.25) is 5.91 Å². The Bertz CT molecular complexity index is 1640. The lowest BCUT2D eigenvalue weighted by atomic mass is 10.2. The molecule has 38 heavy (non-hydrogen) atoms. The van der Waals surface area contributed by atoms with E-state index in [2.05, 4.69) is 15.6 Å². The van der Waals surface area contributed by atoms with Gasteiger partial charge in [0, 0.05) is 55.3 Å². The molecule has 0 radical (unpaired) electrons. The molecule has 10 heteroatoms. The molecule has 1 aliphatic rings. The van der Waals surface area contributed by atoms with Crippen molar-refractivity contribution in [2.75, 3.05) is 24.2 Å². The summed E-state index contributed by atoms with van der Waals surface area (Å²) >= 11 is 0. The maximum Gasteiger partial charge on any atom is 0.262 e. The molecule has 0 saturated heterocycles. The van der Waals surface area contributed by atoms with Gasteiger partial charge in [-0.3, -0.25) is 14.4 Å². The lowest BCUT2D eigenvalue weighted by Crippen LogP contribution is -2.22.